The van der Waals surface area contributed by atoms with Crippen LogP contribution in [0.1, 0.15) is 10.4 Å². The van der Waals surface area contributed by atoms with Crippen molar-refractivity contribution in [1.29, 1.82) is 0 Å². The molecule has 1 saturated heterocycles. The molecule has 42 heavy (non-hydrogen) atoms. The summed E-state index contributed by atoms with van der Waals surface area (Å²) >= 11 is 0. The number of sulfonamides is 2. The fourth-order valence-corrected chi connectivity index (χ4v) is 6.80. The number of ether oxygens (including phenoxy) is 4. The lowest BCUT2D eigenvalue weighted by Gasteiger charge is -2.26. The van der Waals surface area contributed by atoms with Crippen LogP contribution in [0.25, 0.3) is 0 Å². The second-order valence-electron chi connectivity index (χ2n) is 9.13. The summed E-state index contributed by atoms with van der Waals surface area (Å²) in [5.41, 5.74) is 0.706. The van der Waals surface area contributed by atoms with Crippen LogP contribution in [-0.2, 0) is 24.8 Å². The molecular formula is C28H33N3O9S2. The van der Waals surface area contributed by atoms with Crippen LogP contribution in [0, 0.1) is 0 Å². The maximum Gasteiger partial charge on any atom is 0.264 e. The zero-order valence-electron chi connectivity index (χ0n) is 23.5. The molecule has 4 rings (SSSR count). The molecule has 1 heterocycles. The third kappa shape index (κ3) is 6.95. The van der Waals surface area contributed by atoms with Gasteiger partial charge in [-0.15, -0.1) is 0 Å². The predicted octanol–water partition coefficient (Wildman–Crippen LogP) is 2.36. The maximum atomic E-state index is 13.2. The summed E-state index contributed by atoms with van der Waals surface area (Å²) in [5.74, 6) is 0.806. The number of hydrogen-bond donors (Lipinski definition) is 1. The molecule has 3 aromatic carbocycles. The minimum absolute atomic E-state index is 0.0258. The van der Waals surface area contributed by atoms with E-state index in [1.165, 1.54) is 80.2 Å². The van der Waals surface area contributed by atoms with Crippen molar-refractivity contribution in [2.24, 2.45) is 0 Å². The van der Waals surface area contributed by atoms with Crippen LogP contribution < -0.4 is 23.8 Å². The Kier molecular flexibility index (Phi) is 9.93. The Morgan fingerprint density at radius 3 is 2.12 bits per heavy atom. The number of benzene rings is 3. The molecule has 1 fully saturated rings. The molecule has 1 N–H and O–H groups in total. The van der Waals surface area contributed by atoms with E-state index in [9.17, 15) is 21.6 Å². The quantitative estimate of drug-likeness (QED) is 0.303. The number of hydrogen-bond acceptors (Lipinski definition) is 9. The van der Waals surface area contributed by atoms with Crippen LogP contribution >= 0.6 is 0 Å². The van der Waals surface area contributed by atoms with Gasteiger partial charge in [0.25, 0.3) is 15.9 Å². The zero-order chi connectivity index (χ0) is 30.3. The van der Waals surface area contributed by atoms with E-state index in [1.807, 2.05) is 0 Å². The van der Waals surface area contributed by atoms with Crippen molar-refractivity contribution in [1.82, 2.24) is 9.62 Å². The Hall–Kier alpha value is -3.85. The van der Waals surface area contributed by atoms with Gasteiger partial charge in [0.05, 0.1) is 49.5 Å². The topological polar surface area (TPSA) is 141 Å². The first-order chi connectivity index (χ1) is 20.1. The van der Waals surface area contributed by atoms with Crippen LogP contribution in [0.2, 0.25) is 0 Å². The smallest absolute Gasteiger partial charge is 0.264 e. The van der Waals surface area contributed by atoms with E-state index in [0.717, 1.165) is 4.31 Å². The zero-order valence-corrected chi connectivity index (χ0v) is 25.1. The Bertz CT molecular complexity index is 1590. The molecule has 3 aromatic rings. The van der Waals surface area contributed by atoms with E-state index in [0.29, 0.717) is 49.1 Å². The van der Waals surface area contributed by atoms with Gasteiger partial charge in [-0.25, -0.2) is 16.8 Å². The molecule has 0 bridgehead atoms. The number of methoxy groups -OCH3 is 2. The third-order valence-corrected chi connectivity index (χ3v) is 10.3. The first-order valence-corrected chi connectivity index (χ1v) is 15.9. The summed E-state index contributed by atoms with van der Waals surface area (Å²) in [4.78, 5) is 12.8. The Morgan fingerprint density at radius 2 is 1.50 bits per heavy atom. The molecule has 14 heteroatoms. The van der Waals surface area contributed by atoms with Crippen molar-refractivity contribution in [2.45, 2.75) is 9.79 Å². The normalized spacial score (nSPS) is 14.2. The van der Waals surface area contributed by atoms with Crippen molar-refractivity contribution < 1.29 is 40.6 Å². The number of carbonyl (C=O) groups excluding carboxylic acids is 1. The molecule has 1 amide bonds. The average molecular weight is 620 g/mol. The number of morpholine rings is 1. The number of anilines is 1. The summed E-state index contributed by atoms with van der Waals surface area (Å²) in [5, 5.41) is 2.74. The van der Waals surface area contributed by atoms with E-state index >= 15 is 0 Å². The van der Waals surface area contributed by atoms with E-state index < -0.39 is 20.0 Å². The van der Waals surface area contributed by atoms with Gasteiger partial charge < -0.3 is 24.3 Å². The standard InChI is InChI=1S/C28H33N3O9S2/c1-30(41(33,34)25-12-13-26(37-2)27(20-25)38-3)22-6-4-21(5-7-22)28(32)29-14-17-40-23-8-10-24(11-9-23)42(35,36)31-15-18-39-19-16-31/h4-13,20H,14-19H2,1-3H3,(H,29,32). The van der Waals surface area contributed by atoms with Crippen molar-refractivity contribution in [3.63, 3.8) is 0 Å². The largest absolute Gasteiger partial charge is 0.493 e. The number of amides is 1. The molecule has 0 aliphatic carbocycles. The SMILES string of the molecule is COc1ccc(S(=O)(=O)N(C)c2ccc(C(=O)NCCOc3ccc(S(=O)(=O)N4CCOCC4)cc3)cc2)cc1OC. The first-order valence-electron chi connectivity index (χ1n) is 13.0. The van der Waals surface area contributed by atoms with E-state index in [4.69, 9.17) is 18.9 Å². The highest BCUT2D eigenvalue weighted by Crippen LogP contribution is 2.31. The fraction of sp³-hybridized carbons (Fsp3) is 0.321. The monoisotopic (exact) mass is 619 g/mol. The Balaban J connectivity index is 1.29. The minimum atomic E-state index is -3.90. The minimum Gasteiger partial charge on any atom is -0.493 e. The van der Waals surface area contributed by atoms with E-state index in [2.05, 4.69) is 5.32 Å². The summed E-state index contributed by atoms with van der Waals surface area (Å²) < 4.78 is 75.5. The van der Waals surface area contributed by atoms with Gasteiger partial charge in [0.15, 0.2) is 11.5 Å². The van der Waals surface area contributed by atoms with Gasteiger partial charge in [0, 0.05) is 31.8 Å². The average Bonchev–Trinajstić information content (AvgIpc) is 3.02. The molecule has 1 aliphatic rings. The van der Waals surface area contributed by atoms with Crippen molar-refractivity contribution >= 4 is 31.6 Å². The number of nitrogens with one attached hydrogen (secondary N) is 1. The van der Waals surface area contributed by atoms with Gasteiger partial charge >= 0.3 is 0 Å². The maximum absolute atomic E-state index is 13.2. The molecule has 0 unspecified atom stereocenters. The highest BCUT2D eigenvalue weighted by Gasteiger charge is 2.26. The van der Waals surface area contributed by atoms with Crippen LogP contribution in [0.5, 0.6) is 17.2 Å². The molecule has 0 saturated carbocycles. The second-order valence-corrected chi connectivity index (χ2v) is 13.0. The van der Waals surface area contributed by atoms with Crippen molar-refractivity contribution in [3.8, 4) is 17.2 Å². The second kappa shape index (κ2) is 13.4. The predicted molar refractivity (Wildman–Crippen MR) is 155 cm³/mol. The van der Waals surface area contributed by atoms with Crippen LogP contribution in [-0.4, -0.2) is 87.8 Å². The van der Waals surface area contributed by atoms with Crippen LogP contribution in [0.3, 0.4) is 0 Å². The van der Waals surface area contributed by atoms with Gasteiger partial charge in [-0.2, -0.15) is 4.31 Å². The first kappa shape index (κ1) is 31.1. The van der Waals surface area contributed by atoms with Gasteiger partial charge in [-0.3, -0.25) is 9.10 Å². The number of carbonyl (C=O) groups is 1. The van der Waals surface area contributed by atoms with E-state index in [1.54, 1.807) is 12.1 Å². The lowest BCUT2D eigenvalue weighted by Crippen LogP contribution is -2.40. The lowest BCUT2D eigenvalue weighted by atomic mass is 10.2. The highest BCUT2D eigenvalue weighted by atomic mass is 32.2. The van der Waals surface area contributed by atoms with Crippen LogP contribution in [0.15, 0.2) is 76.5 Å². The molecule has 1 aliphatic heterocycles. The number of nitrogens with zero attached hydrogens (tertiary/aromatic N) is 2. The fourth-order valence-electron chi connectivity index (χ4n) is 4.18. The Labute approximate surface area is 245 Å². The molecule has 0 atom stereocenters. The van der Waals surface area contributed by atoms with Crippen molar-refractivity contribution in [3.05, 3.63) is 72.3 Å². The third-order valence-electron chi connectivity index (χ3n) is 6.59. The molecule has 0 radical (unpaired) electrons. The van der Waals surface area contributed by atoms with Gasteiger partial charge in [0.2, 0.25) is 10.0 Å². The number of rotatable bonds is 12. The Morgan fingerprint density at radius 1 is 0.881 bits per heavy atom. The van der Waals surface area contributed by atoms with E-state index in [-0.39, 0.29) is 34.6 Å². The summed E-state index contributed by atoms with van der Waals surface area (Å²) in [7, 11) is -3.18. The summed E-state index contributed by atoms with van der Waals surface area (Å²) in [6, 6.07) is 16.6. The van der Waals surface area contributed by atoms with Crippen LogP contribution in [0.4, 0.5) is 5.69 Å². The molecular weight excluding hydrogens is 586 g/mol. The molecule has 0 aromatic heterocycles. The summed E-state index contributed by atoms with van der Waals surface area (Å²) in [6.45, 7) is 1.73. The lowest BCUT2D eigenvalue weighted by molar-refractivity contribution is 0.0730. The molecule has 226 valence electrons. The molecule has 0 spiro atoms. The van der Waals surface area contributed by atoms with Gasteiger partial charge in [-0.1, -0.05) is 0 Å². The highest BCUT2D eigenvalue weighted by molar-refractivity contribution is 7.92. The molecule has 12 nitrogen and oxygen atoms in total. The van der Waals surface area contributed by atoms with Gasteiger partial charge in [0.1, 0.15) is 12.4 Å². The van der Waals surface area contributed by atoms with Crippen molar-refractivity contribution in [2.75, 3.05) is 65.0 Å². The van der Waals surface area contributed by atoms with Gasteiger partial charge in [-0.05, 0) is 60.7 Å². The summed E-state index contributed by atoms with van der Waals surface area (Å²) in [6.07, 6.45) is 0.